The average Bonchev–Trinajstić information content (AvgIpc) is 2.76. The largest absolute Gasteiger partial charge is 0.320 e. The number of piperazine rings is 1. The standard InChI is InChI=1S/C8H10N6O3/c1-5-8(17)10-6(15)2-14(5)7(16)3-13-4-9-11-12-13/h4-5H,2-3H2,1H3,(H,10,15,17). The van der Waals surface area contributed by atoms with Crippen LogP contribution in [0.4, 0.5) is 0 Å². The highest BCUT2D eigenvalue weighted by Gasteiger charge is 2.33. The van der Waals surface area contributed by atoms with Gasteiger partial charge in [0.25, 0.3) is 0 Å². The second kappa shape index (κ2) is 4.28. The molecule has 1 fully saturated rings. The van der Waals surface area contributed by atoms with E-state index >= 15 is 0 Å². The van der Waals surface area contributed by atoms with Gasteiger partial charge in [-0.15, -0.1) is 5.10 Å². The molecule has 1 atom stereocenters. The Morgan fingerprint density at radius 3 is 3.00 bits per heavy atom. The summed E-state index contributed by atoms with van der Waals surface area (Å²) in [5.74, 6) is -1.35. The molecule has 0 aliphatic carbocycles. The van der Waals surface area contributed by atoms with Gasteiger partial charge < -0.3 is 4.90 Å². The SMILES string of the molecule is CC1C(=O)NC(=O)CN1C(=O)Cn1cnnn1. The summed E-state index contributed by atoms with van der Waals surface area (Å²) in [7, 11) is 0. The summed E-state index contributed by atoms with van der Waals surface area (Å²) in [5.41, 5.74) is 0. The lowest BCUT2D eigenvalue weighted by Gasteiger charge is -2.31. The lowest BCUT2D eigenvalue weighted by Crippen LogP contribution is -2.59. The van der Waals surface area contributed by atoms with Crippen LogP contribution in [0.15, 0.2) is 6.33 Å². The van der Waals surface area contributed by atoms with Gasteiger partial charge in [0.15, 0.2) is 0 Å². The number of imide groups is 1. The third-order valence-corrected chi connectivity index (χ3v) is 2.43. The Labute approximate surface area is 95.8 Å². The monoisotopic (exact) mass is 238 g/mol. The van der Waals surface area contributed by atoms with E-state index in [1.54, 1.807) is 6.92 Å². The lowest BCUT2D eigenvalue weighted by molar-refractivity contribution is -0.149. The summed E-state index contributed by atoms with van der Waals surface area (Å²) in [5, 5.41) is 12.5. The number of carbonyl (C=O) groups is 3. The van der Waals surface area contributed by atoms with Crippen LogP contribution in [0.1, 0.15) is 6.92 Å². The summed E-state index contributed by atoms with van der Waals surface area (Å²) in [6.07, 6.45) is 1.29. The number of carbonyl (C=O) groups excluding carboxylic acids is 3. The van der Waals surface area contributed by atoms with E-state index in [9.17, 15) is 14.4 Å². The Kier molecular flexibility index (Phi) is 2.81. The minimum absolute atomic E-state index is 0.0993. The summed E-state index contributed by atoms with van der Waals surface area (Å²) in [4.78, 5) is 35.6. The lowest BCUT2D eigenvalue weighted by atomic mass is 10.2. The molecule has 1 aliphatic rings. The van der Waals surface area contributed by atoms with E-state index in [1.807, 2.05) is 0 Å². The zero-order valence-electron chi connectivity index (χ0n) is 9.03. The highest BCUT2D eigenvalue weighted by Crippen LogP contribution is 2.05. The maximum absolute atomic E-state index is 11.8. The predicted octanol–water partition coefficient (Wildman–Crippen LogP) is -2.45. The van der Waals surface area contributed by atoms with Gasteiger partial charge >= 0.3 is 0 Å². The molecule has 1 N–H and O–H groups in total. The van der Waals surface area contributed by atoms with Crippen molar-refractivity contribution >= 4 is 17.7 Å². The zero-order valence-corrected chi connectivity index (χ0v) is 9.03. The molecule has 2 rings (SSSR count). The Bertz CT molecular complexity index is 456. The maximum Gasteiger partial charge on any atom is 0.249 e. The van der Waals surface area contributed by atoms with Gasteiger partial charge in [0.05, 0.1) is 0 Å². The fraction of sp³-hybridized carbons (Fsp3) is 0.500. The number of tetrazole rings is 1. The summed E-state index contributed by atoms with van der Waals surface area (Å²) in [6, 6.07) is -0.670. The molecule has 90 valence electrons. The van der Waals surface area contributed by atoms with Gasteiger partial charge in [-0.05, 0) is 17.4 Å². The summed E-state index contributed by atoms with van der Waals surface area (Å²) >= 11 is 0. The molecule has 9 nitrogen and oxygen atoms in total. The first-order valence-electron chi connectivity index (χ1n) is 4.92. The molecule has 0 radical (unpaired) electrons. The molecule has 17 heavy (non-hydrogen) atoms. The van der Waals surface area contributed by atoms with Crippen molar-refractivity contribution in [3.05, 3.63) is 6.33 Å². The van der Waals surface area contributed by atoms with Gasteiger partial charge in [-0.3, -0.25) is 19.7 Å². The number of hydrogen-bond acceptors (Lipinski definition) is 6. The Morgan fingerprint density at radius 2 is 2.35 bits per heavy atom. The van der Waals surface area contributed by atoms with Crippen LogP contribution in [0.5, 0.6) is 0 Å². The quantitative estimate of drug-likeness (QED) is 0.572. The Morgan fingerprint density at radius 1 is 1.59 bits per heavy atom. The predicted molar refractivity (Wildman–Crippen MR) is 52.1 cm³/mol. The summed E-state index contributed by atoms with van der Waals surface area (Å²) < 4.78 is 1.23. The molecule has 2 heterocycles. The van der Waals surface area contributed by atoms with E-state index in [-0.39, 0.29) is 19.0 Å². The van der Waals surface area contributed by atoms with Crippen molar-refractivity contribution in [2.24, 2.45) is 0 Å². The number of amides is 3. The number of aromatic nitrogens is 4. The first kappa shape index (κ1) is 11.2. The van der Waals surface area contributed by atoms with Crippen molar-refractivity contribution in [3.63, 3.8) is 0 Å². The number of nitrogens with zero attached hydrogens (tertiary/aromatic N) is 5. The van der Waals surface area contributed by atoms with Crippen LogP contribution >= 0.6 is 0 Å². The van der Waals surface area contributed by atoms with Gasteiger partial charge in [0.2, 0.25) is 17.7 Å². The van der Waals surface area contributed by atoms with Crippen LogP contribution in [0, 0.1) is 0 Å². The molecule has 0 bridgehead atoms. The molecule has 1 aromatic rings. The van der Waals surface area contributed by atoms with Crippen molar-refractivity contribution in [3.8, 4) is 0 Å². The Hall–Kier alpha value is -2.32. The molecule has 3 amide bonds. The van der Waals surface area contributed by atoms with E-state index in [1.165, 1.54) is 15.9 Å². The van der Waals surface area contributed by atoms with Crippen molar-refractivity contribution in [2.75, 3.05) is 6.54 Å². The van der Waals surface area contributed by atoms with E-state index < -0.39 is 17.9 Å². The maximum atomic E-state index is 11.8. The molecule has 1 saturated heterocycles. The molecular formula is C8H10N6O3. The molecule has 0 saturated carbocycles. The highest BCUT2D eigenvalue weighted by atomic mass is 16.2. The first-order chi connectivity index (χ1) is 8.08. The minimum Gasteiger partial charge on any atom is -0.320 e. The van der Waals surface area contributed by atoms with E-state index in [4.69, 9.17) is 0 Å². The molecule has 1 unspecified atom stereocenters. The fourth-order valence-corrected chi connectivity index (χ4v) is 1.50. The van der Waals surface area contributed by atoms with Crippen molar-refractivity contribution in [1.82, 2.24) is 30.4 Å². The zero-order chi connectivity index (χ0) is 12.4. The van der Waals surface area contributed by atoms with Crippen LogP contribution in [0.25, 0.3) is 0 Å². The van der Waals surface area contributed by atoms with E-state index in [0.717, 1.165) is 0 Å². The van der Waals surface area contributed by atoms with Gasteiger partial charge in [-0.25, -0.2) is 4.68 Å². The van der Waals surface area contributed by atoms with Crippen LogP contribution in [-0.4, -0.2) is 55.4 Å². The van der Waals surface area contributed by atoms with Crippen LogP contribution < -0.4 is 5.32 Å². The smallest absolute Gasteiger partial charge is 0.249 e. The number of nitrogens with one attached hydrogen (secondary N) is 1. The molecule has 0 spiro atoms. The number of rotatable bonds is 2. The van der Waals surface area contributed by atoms with Crippen LogP contribution in [0.2, 0.25) is 0 Å². The van der Waals surface area contributed by atoms with Gasteiger partial charge in [-0.2, -0.15) is 0 Å². The number of hydrogen-bond donors (Lipinski definition) is 1. The minimum atomic E-state index is -0.670. The van der Waals surface area contributed by atoms with Crippen molar-refractivity contribution in [1.29, 1.82) is 0 Å². The Balaban J connectivity index is 2.07. The van der Waals surface area contributed by atoms with Gasteiger partial charge in [0, 0.05) is 0 Å². The van der Waals surface area contributed by atoms with Crippen molar-refractivity contribution < 1.29 is 14.4 Å². The normalized spacial score (nSPS) is 20.3. The fourth-order valence-electron chi connectivity index (χ4n) is 1.50. The second-order valence-corrected chi connectivity index (χ2v) is 3.62. The third-order valence-electron chi connectivity index (χ3n) is 2.43. The van der Waals surface area contributed by atoms with Crippen LogP contribution in [-0.2, 0) is 20.9 Å². The van der Waals surface area contributed by atoms with Gasteiger partial charge in [0.1, 0.15) is 25.5 Å². The van der Waals surface area contributed by atoms with E-state index in [2.05, 4.69) is 20.8 Å². The van der Waals surface area contributed by atoms with E-state index in [0.29, 0.717) is 0 Å². The molecule has 0 aromatic carbocycles. The average molecular weight is 238 g/mol. The first-order valence-corrected chi connectivity index (χ1v) is 4.92. The van der Waals surface area contributed by atoms with Gasteiger partial charge in [-0.1, -0.05) is 0 Å². The third kappa shape index (κ3) is 2.27. The van der Waals surface area contributed by atoms with Crippen LogP contribution in [0.3, 0.4) is 0 Å². The van der Waals surface area contributed by atoms with Crippen molar-refractivity contribution in [2.45, 2.75) is 19.5 Å². The molecule has 1 aliphatic heterocycles. The highest BCUT2D eigenvalue weighted by molar-refractivity contribution is 6.04. The molecule has 9 heteroatoms. The molecule has 1 aromatic heterocycles. The summed E-state index contributed by atoms with van der Waals surface area (Å²) in [6.45, 7) is 1.32. The molecular weight excluding hydrogens is 228 g/mol. The topological polar surface area (TPSA) is 110 Å². The second-order valence-electron chi connectivity index (χ2n) is 3.62.